The molecule has 0 bridgehead atoms. The summed E-state index contributed by atoms with van der Waals surface area (Å²) in [5.74, 6) is -0.600. The Labute approximate surface area is 87.8 Å². The Morgan fingerprint density at radius 1 is 1.67 bits per heavy atom. The number of ether oxygens (including phenoxy) is 1. The Morgan fingerprint density at radius 3 is 3.00 bits per heavy atom. The molecule has 6 nitrogen and oxygen atoms in total. The molecule has 1 unspecified atom stereocenters. The van der Waals surface area contributed by atoms with Gasteiger partial charge in [-0.05, 0) is 26.2 Å². The van der Waals surface area contributed by atoms with Crippen LogP contribution in [0.25, 0.3) is 0 Å². The molecule has 1 atom stereocenters. The molecular weight excluding hydrogens is 198 g/mol. The number of nitrogens with zero attached hydrogens (tertiary/aromatic N) is 1. The van der Waals surface area contributed by atoms with E-state index in [9.17, 15) is 9.59 Å². The lowest BCUT2D eigenvalue weighted by molar-refractivity contribution is -0.145. The van der Waals surface area contributed by atoms with Crippen molar-refractivity contribution in [2.75, 3.05) is 6.61 Å². The zero-order chi connectivity index (χ0) is 11.3. The Balaban J connectivity index is 2.60. The maximum Gasteiger partial charge on any atom is 0.332 e. The van der Waals surface area contributed by atoms with E-state index in [1.165, 1.54) is 0 Å². The fraction of sp³-hybridized carbons (Fsp3) is 0.667. The molecular formula is C9H15N3O3. The van der Waals surface area contributed by atoms with Crippen LogP contribution in [0.2, 0.25) is 0 Å². The zero-order valence-electron chi connectivity index (χ0n) is 8.66. The Morgan fingerprint density at radius 2 is 2.40 bits per heavy atom. The Kier molecular flexibility index (Phi) is 4.08. The van der Waals surface area contributed by atoms with Gasteiger partial charge < -0.3 is 10.5 Å². The third-order valence-corrected chi connectivity index (χ3v) is 2.21. The minimum absolute atomic E-state index is 0.278. The first-order chi connectivity index (χ1) is 7.15. The first-order valence-corrected chi connectivity index (χ1v) is 4.93. The van der Waals surface area contributed by atoms with E-state index in [0.717, 1.165) is 12.8 Å². The van der Waals surface area contributed by atoms with Crippen molar-refractivity contribution in [1.82, 2.24) is 5.43 Å². The highest BCUT2D eigenvalue weighted by Gasteiger charge is 2.30. The first-order valence-electron chi connectivity index (χ1n) is 4.93. The molecule has 1 rings (SSSR count). The molecule has 3 N–H and O–H groups in total. The topological polar surface area (TPSA) is 93.8 Å². The quantitative estimate of drug-likeness (QED) is 0.524. The third kappa shape index (κ3) is 3.23. The molecule has 0 spiro atoms. The summed E-state index contributed by atoms with van der Waals surface area (Å²) in [6, 6.07) is -0.725. The van der Waals surface area contributed by atoms with Crippen LogP contribution in [0.5, 0.6) is 0 Å². The van der Waals surface area contributed by atoms with Gasteiger partial charge in [-0.2, -0.15) is 5.10 Å². The average molecular weight is 213 g/mol. The number of nitrogens with two attached hydrogens (primary N) is 1. The van der Waals surface area contributed by atoms with Crippen LogP contribution in [0.4, 0.5) is 4.79 Å². The van der Waals surface area contributed by atoms with E-state index >= 15 is 0 Å². The van der Waals surface area contributed by atoms with Crippen molar-refractivity contribution in [3.63, 3.8) is 0 Å². The van der Waals surface area contributed by atoms with Gasteiger partial charge in [-0.3, -0.25) is 4.79 Å². The normalized spacial score (nSPS) is 22.7. The molecule has 84 valence electrons. The number of hydrazone groups is 1. The number of rotatable bonds is 3. The van der Waals surface area contributed by atoms with E-state index in [1.54, 1.807) is 6.92 Å². The molecule has 0 radical (unpaired) electrons. The SMILES string of the molecule is CCOC(=O)C1CCC/C1=N\NC(N)=O. The van der Waals surface area contributed by atoms with E-state index in [2.05, 4.69) is 10.5 Å². The number of primary amides is 1. The number of carbonyl (C=O) groups is 2. The molecule has 1 saturated carbocycles. The maximum absolute atomic E-state index is 11.5. The second-order valence-electron chi connectivity index (χ2n) is 3.28. The molecule has 0 saturated heterocycles. The smallest absolute Gasteiger partial charge is 0.332 e. The molecule has 0 aromatic heterocycles. The molecule has 2 amide bonds. The van der Waals surface area contributed by atoms with Crippen molar-refractivity contribution >= 4 is 17.7 Å². The lowest BCUT2D eigenvalue weighted by Crippen LogP contribution is -2.28. The van der Waals surface area contributed by atoms with Gasteiger partial charge in [0.25, 0.3) is 0 Å². The lowest BCUT2D eigenvalue weighted by atomic mass is 10.1. The summed E-state index contributed by atoms with van der Waals surface area (Å²) in [4.78, 5) is 21.9. The van der Waals surface area contributed by atoms with E-state index in [1.807, 2.05) is 0 Å². The largest absolute Gasteiger partial charge is 0.465 e. The molecule has 15 heavy (non-hydrogen) atoms. The average Bonchev–Trinajstić information content (AvgIpc) is 2.62. The highest BCUT2D eigenvalue weighted by molar-refractivity contribution is 6.03. The molecule has 1 aliphatic rings. The van der Waals surface area contributed by atoms with Crippen LogP contribution in [0.15, 0.2) is 5.10 Å². The Bertz CT molecular complexity index is 288. The monoisotopic (exact) mass is 213 g/mol. The van der Waals surface area contributed by atoms with Gasteiger partial charge in [-0.1, -0.05) is 0 Å². The predicted molar refractivity (Wildman–Crippen MR) is 54.1 cm³/mol. The summed E-state index contributed by atoms with van der Waals surface area (Å²) in [7, 11) is 0. The van der Waals surface area contributed by atoms with Gasteiger partial charge in [-0.15, -0.1) is 0 Å². The third-order valence-electron chi connectivity index (χ3n) is 2.21. The van der Waals surface area contributed by atoms with Crippen LogP contribution < -0.4 is 11.2 Å². The fourth-order valence-electron chi connectivity index (χ4n) is 1.59. The van der Waals surface area contributed by atoms with Crippen molar-refractivity contribution in [3.05, 3.63) is 0 Å². The van der Waals surface area contributed by atoms with E-state index < -0.39 is 6.03 Å². The number of urea groups is 1. The number of amides is 2. The van der Waals surface area contributed by atoms with Crippen molar-refractivity contribution in [2.45, 2.75) is 26.2 Å². The highest BCUT2D eigenvalue weighted by atomic mass is 16.5. The minimum Gasteiger partial charge on any atom is -0.465 e. The van der Waals surface area contributed by atoms with Gasteiger partial charge >= 0.3 is 12.0 Å². The van der Waals surface area contributed by atoms with Gasteiger partial charge in [0.2, 0.25) is 0 Å². The minimum atomic E-state index is -0.725. The fourth-order valence-corrected chi connectivity index (χ4v) is 1.59. The van der Waals surface area contributed by atoms with Gasteiger partial charge in [-0.25, -0.2) is 10.2 Å². The highest BCUT2D eigenvalue weighted by Crippen LogP contribution is 2.23. The van der Waals surface area contributed by atoms with Gasteiger partial charge in [0.15, 0.2) is 0 Å². The summed E-state index contributed by atoms with van der Waals surface area (Å²) in [6.07, 6.45) is 2.30. The van der Waals surface area contributed by atoms with Crippen molar-refractivity contribution in [3.8, 4) is 0 Å². The summed E-state index contributed by atoms with van der Waals surface area (Å²) in [6.45, 7) is 2.11. The van der Waals surface area contributed by atoms with Gasteiger partial charge in [0.1, 0.15) is 0 Å². The number of carbonyl (C=O) groups excluding carboxylic acids is 2. The summed E-state index contributed by atoms with van der Waals surface area (Å²) in [5.41, 5.74) is 7.66. The number of hydrogen-bond donors (Lipinski definition) is 2. The molecule has 1 fully saturated rings. The standard InChI is InChI=1S/C9H15N3O3/c1-2-15-8(13)6-4-3-5-7(6)11-12-9(10)14/h6H,2-5H2,1H3,(H3,10,12,14)/b11-7+. The summed E-state index contributed by atoms with van der Waals surface area (Å²) in [5, 5.41) is 3.80. The number of esters is 1. The predicted octanol–water partition coefficient (Wildman–Crippen LogP) is 0.374. The Hall–Kier alpha value is -1.59. The molecule has 0 heterocycles. The number of nitrogens with one attached hydrogen (secondary N) is 1. The van der Waals surface area contributed by atoms with Crippen LogP contribution >= 0.6 is 0 Å². The molecule has 0 aromatic carbocycles. The molecule has 0 aliphatic heterocycles. The van der Waals surface area contributed by atoms with Crippen LogP contribution in [0, 0.1) is 5.92 Å². The van der Waals surface area contributed by atoms with Crippen LogP contribution in [-0.4, -0.2) is 24.3 Å². The molecule has 6 heteroatoms. The first kappa shape index (κ1) is 11.5. The summed E-state index contributed by atoms with van der Waals surface area (Å²) >= 11 is 0. The van der Waals surface area contributed by atoms with E-state index in [0.29, 0.717) is 18.7 Å². The van der Waals surface area contributed by atoms with Crippen molar-refractivity contribution in [1.29, 1.82) is 0 Å². The van der Waals surface area contributed by atoms with Crippen LogP contribution in [-0.2, 0) is 9.53 Å². The summed E-state index contributed by atoms with van der Waals surface area (Å²) < 4.78 is 4.90. The van der Waals surface area contributed by atoms with E-state index in [4.69, 9.17) is 10.5 Å². The zero-order valence-corrected chi connectivity index (χ0v) is 8.66. The second kappa shape index (κ2) is 5.33. The van der Waals surface area contributed by atoms with E-state index in [-0.39, 0.29) is 11.9 Å². The lowest BCUT2D eigenvalue weighted by Gasteiger charge is -2.09. The van der Waals surface area contributed by atoms with Gasteiger partial charge in [0.05, 0.1) is 18.2 Å². The number of hydrogen-bond acceptors (Lipinski definition) is 4. The molecule has 0 aromatic rings. The second-order valence-corrected chi connectivity index (χ2v) is 3.28. The van der Waals surface area contributed by atoms with Crippen LogP contribution in [0.1, 0.15) is 26.2 Å². The van der Waals surface area contributed by atoms with Gasteiger partial charge in [0, 0.05) is 0 Å². The van der Waals surface area contributed by atoms with Crippen LogP contribution in [0.3, 0.4) is 0 Å². The molecule has 1 aliphatic carbocycles. The maximum atomic E-state index is 11.5. The van der Waals surface area contributed by atoms with Crippen molar-refractivity contribution in [2.24, 2.45) is 16.8 Å². The van der Waals surface area contributed by atoms with Crippen molar-refractivity contribution < 1.29 is 14.3 Å².